The summed E-state index contributed by atoms with van der Waals surface area (Å²) in [6, 6.07) is 14.3. The summed E-state index contributed by atoms with van der Waals surface area (Å²) in [5.41, 5.74) is 3.84. The number of benzene rings is 2. The Labute approximate surface area is 229 Å². The molecule has 3 heterocycles. The summed E-state index contributed by atoms with van der Waals surface area (Å²) in [6.07, 6.45) is 5.19. The van der Waals surface area contributed by atoms with Crippen LogP contribution in [-0.4, -0.2) is 60.9 Å². The Morgan fingerprint density at radius 1 is 1.05 bits per heavy atom. The third kappa shape index (κ3) is 6.69. The van der Waals surface area contributed by atoms with E-state index in [1.54, 1.807) is 19.1 Å². The molecule has 0 amide bonds. The molecule has 2 aliphatic heterocycles. The summed E-state index contributed by atoms with van der Waals surface area (Å²) in [5, 5.41) is 4.64. The van der Waals surface area contributed by atoms with Crippen LogP contribution in [0.1, 0.15) is 36.5 Å². The largest absolute Gasteiger partial charge is 0.486 e. The molecule has 0 unspecified atom stereocenters. The molecule has 0 saturated carbocycles. The van der Waals surface area contributed by atoms with Gasteiger partial charge in [0.2, 0.25) is 0 Å². The lowest BCUT2D eigenvalue weighted by molar-refractivity contribution is -0.137. The Bertz CT molecular complexity index is 1410. The molecular formula is C31H37N3O5. The number of aromatic nitrogens is 1. The molecule has 39 heavy (non-hydrogen) atoms. The van der Waals surface area contributed by atoms with Crippen molar-refractivity contribution in [3.63, 3.8) is 0 Å². The summed E-state index contributed by atoms with van der Waals surface area (Å²) in [7, 11) is 0. The molecule has 0 aliphatic carbocycles. The van der Waals surface area contributed by atoms with Crippen LogP contribution in [-0.2, 0) is 22.6 Å². The van der Waals surface area contributed by atoms with E-state index in [2.05, 4.69) is 22.3 Å². The average molecular weight is 532 g/mol. The molecule has 0 radical (unpaired) electrons. The standard InChI is InChI=1S/C31H37N3O5/c1-3-37-31(36)9-6-24-20-30(35)34(27-18-22(2)4-7-26(24)27)15-14-33-12-10-25(11-13-33)32-21-23-5-8-28-29(19-23)39-17-16-38-28/h4-9,18-20,25,32H,3,10-17,21H2,1-2H3/b9-6+. The number of likely N-dealkylation sites (tertiary alicyclic amines) is 1. The van der Waals surface area contributed by atoms with E-state index in [0.29, 0.717) is 32.4 Å². The van der Waals surface area contributed by atoms with Crippen molar-refractivity contribution in [3.8, 4) is 11.5 Å². The van der Waals surface area contributed by atoms with Gasteiger partial charge < -0.3 is 29.0 Å². The Hall–Kier alpha value is -3.62. The SMILES string of the molecule is CCOC(=O)/C=C/c1cc(=O)n(CCN2CCC(NCc3ccc4c(c3)OCCO4)CC2)c2cc(C)ccc12. The molecule has 1 fully saturated rings. The molecule has 1 N–H and O–H groups in total. The van der Waals surface area contributed by atoms with Crippen molar-refractivity contribution >= 4 is 22.9 Å². The summed E-state index contributed by atoms with van der Waals surface area (Å²) in [5.74, 6) is 1.24. The first-order valence-electron chi connectivity index (χ1n) is 13.8. The number of carbonyl (C=O) groups is 1. The fraction of sp³-hybridized carbons (Fsp3) is 0.419. The lowest BCUT2D eigenvalue weighted by Gasteiger charge is -2.32. The minimum atomic E-state index is -0.411. The minimum absolute atomic E-state index is 0.0624. The maximum absolute atomic E-state index is 13.1. The Kier molecular flexibility index (Phi) is 8.64. The Morgan fingerprint density at radius 2 is 1.85 bits per heavy atom. The number of rotatable bonds is 9. The fourth-order valence-electron chi connectivity index (χ4n) is 5.30. The van der Waals surface area contributed by atoms with E-state index in [0.717, 1.165) is 72.5 Å². The third-order valence-corrected chi connectivity index (χ3v) is 7.41. The number of fused-ring (bicyclic) bond motifs is 2. The van der Waals surface area contributed by atoms with E-state index < -0.39 is 5.97 Å². The van der Waals surface area contributed by atoms with Crippen LogP contribution in [0.4, 0.5) is 0 Å². The normalized spacial score (nSPS) is 16.2. The molecule has 3 aromatic rings. The van der Waals surface area contributed by atoms with E-state index in [-0.39, 0.29) is 5.56 Å². The van der Waals surface area contributed by atoms with Gasteiger partial charge >= 0.3 is 5.97 Å². The van der Waals surface area contributed by atoms with Crippen LogP contribution >= 0.6 is 0 Å². The highest BCUT2D eigenvalue weighted by molar-refractivity contribution is 5.93. The number of piperidine rings is 1. The summed E-state index contributed by atoms with van der Waals surface area (Å²) in [6.45, 7) is 9.54. The van der Waals surface area contributed by atoms with Crippen LogP contribution in [0, 0.1) is 6.92 Å². The van der Waals surface area contributed by atoms with Gasteiger partial charge in [0.25, 0.3) is 5.56 Å². The number of ether oxygens (including phenoxy) is 3. The van der Waals surface area contributed by atoms with Gasteiger partial charge in [-0.15, -0.1) is 0 Å². The maximum atomic E-state index is 13.1. The van der Waals surface area contributed by atoms with Crippen molar-refractivity contribution in [1.29, 1.82) is 0 Å². The van der Waals surface area contributed by atoms with Crippen LogP contribution in [0.25, 0.3) is 17.0 Å². The first-order chi connectivity index (χ1) is 19.0. The second kappa shape index (κ2) is 12.5. The highest BCUT2D eigenvalue weighted by Gasteiger charge is 2.20. The van der Waals surface area contributed by atoms with Gasteiger partial charge in [0, 0.05) is 43.2 Å². The molecule has 2 aromatic carbocycles. The van der Waals surface area contributed by atoms with Gasteiger partial charge in [-0.3, -0.25) is 4.79 Å². The number of esters is 1. The second-order valence-corrected chi connectivity index (χ2v) is 10.2. The molecular weight excluding hydrogens is 494 g/mol. The van der Waals surface area contributed by atoms with E-state index in [9.17, 15) is 9.59 Å². The zero-order chi connectivity index (χ0) is 27.2. The average Bonchev–Trinajstić information content (AvgIpc) is 2.95. The lowest BCUT2D eigenvalue weighted by Crippen LogP contribution is -2.43. The fourth-order valence-corrected chi connectivity index (χ4v) is 5.30. The van der Waals surface area contributed by atoms with Gasteiger partial charge in [0.15, 0.2) is 11.5 Å². The zero-order valence-corrected chi connectivity index (χ0v) is 22.8. The van der Waals surface area contributed by atoms with Gasteiger partial charge in [-0.05, 0) is 80.7 Å². The van der Waals surface area contributed by atoms with Crippen molar-refractivity contribution in [2.24, 2.45) is 0 Å². The van der Waals surface area contributed by atoms with Crippen molar-refractivity contribution in [1.82, 2.24) is 14.8 Å². The topological polar surface area (TPSA) is 82.0 Å². The predicted molar refractivity (Wildman–Crippen MR) is 152 cm³/mol. The highest BCUT2D eigenvalue weighted by atomic mass is 16.6. The Balaban J connectivity index is 1.18. The first kappa shape index (κ1) is 27.0. The lowest BCUT2D eigenvalue weighted by atomic mass is 10.0. The quantitative estimate of drug-likeness (QED) is 0.331. The molecule has 2 aliphatic rings. The second-order valence-electron chi connectivity index (χ2n) is 10.2. The molecule has 5 rings (SSSR count). The third-order valence-electron chi connectivity index (χ3n) is 7.41. The van der Waals surface area contributed by atoms with Crippen molar-refractivity contribution in [2.45, 2.75) is 45.8 Å². The van der Waals surface area contributed by atoms with E-state index in [1.165, 1.54) is 11.6 Å². The summed E-state index contributed by atoms with van der Waals surface area (Å²) < 4.78 is 18.2. The van der Waals surface area contributed by atoms with E-state index in [4.69, 9.17) is 14.2 Å². The molecule has 8 heteroatoms. The maximum Gasteiger partial charge on any atom is 0.330 e. The van der Waals surface area contributed by atoms with Gasteiger partial charge in [0.1, 0.15) is 13.2 Å². The van der Waals surface area contributed by atoms with Crippen LogP contribution in [0.2, 0.25) is 0 Å². The van der Waals surface area contributed by atoms with Crippen LogP contribution < -0.4 is 20.3 Å². The van der Waals surface area contributed by atoms with Gasteiger partial charge in [-0.2, -0.15) is 0 Å². The molecule has 1 aromatic heterocycles. The molecule has 0 bridgehead atoms. The molecule has 1 saturated heterocycles. The van der Waals surface area contributed by atoms with Gasteiger partial charge in [0.05, 0.1) is 12.1 Å². The van der Waals surface area contributed by atoms with Gasteiger partial charge in [-0.25, -0.2) is 4.79 Å². The highest BCUT2D eigenvalue weighted by Crippen LogP contribution is 2.30. The number of carbonyl (C=O) groups excluding carboxylic acids is 1. The number of pyridine rings is 1. The number of aryl methyl sites for hydroxylation is 1. The summed E-state index contributed by atoms with van der Waals surface area (Å²) in [4.78, 5) is 27.4. The van der Waals surface area contributed by atoms with Crippen LogP contribution in [0.3, 0.4) is 0 Å². The molecule has 0 spiro atoms. The summed E-state index contributed by atoms with van der Waals surface area (Å²) >= 11 is 0. The van der Waals surface area contributed by atoms with Crippen molar-refractivity contribution in [3.05, 3.63) is 75.6 Å². The van der Waals surface area contributed by atoms with E-state index in [1.807, 2.05) is 35.8 Å². The predicted octanol–water partition coefficient (Wildman–Crippen LogP) is 3.91. The monoisotopic (exact) mass is 531 g/mol. The van der Waals surface area contributed by atoms with Crippen LogP contribution in [0.15, 0.2) is 53.3 Å². The molecule has 0 atom stereocenters. The smallest absolute Gasteiger partial charge is 0.330 e. The van der Waals surface area contributed by atoms with Crippen molar-refractivity contribution < 1.29 is 19.0 Å². The van der Waals surface area contributed by atoms with Crippen molar-refractivity contribution in [2.75, 3.05) is 39.5 Å². The minimum Gasteiger partial charge on any atom is -0.486 e. The molecule has 8 nitrogen and oxygen atoms in total. The van der Waals surface area contributed by atoms with E-state index >= 15 is 0 Å². The number of hydrogen-bond acceptors (Lipinski definition) is 7. The van der Waals surface area contributed by atoms with Crippen LogP contribution in [0.5, 0.6) is 11.5 Å². The zero-order valence-electron chi connectivity index (χ0n) is 22.8. The first-order valence-corrected chi connectivity index (χ1v) is 13.8. The molecule has 206 valence electrons. The van der Waals surface area contributed by atoms with Gasteiger partial charge in [-0.1, -0.05) is 18.2 Å². The Morgan fingerprint density at radius 3 is 2.64 bits per heavy atom. The number of nitrogens with zero attached hydrogens (tertiary/aromatic N) is 2. The number of nitrogens with one attached hydrogen (secondary N) is 1. The number of hydrogen-bond donors (Lipinski definition) is 1.